The molecule has 0 aliphatic rings. The second-order valence-electron chi connectivity index (χ2n) is 8.86. The highest BCUT2D eigenvalue weighted by Crippen LogP contribution is 2.36. The molecule has 2 N–H and O–H groups in total. The molecule has 0 fully saturated rings. The number of hydrogen-bond donors (Lipinski definition) is 2. The van der Waals surface area contributed by atoms with Crippen molar-refractivity contribution in [3.63, 3.8) is 0 Å². The number of nitrogens with zero attached hydrogens (tertiary/aromatic N) is 1. The van der Waals surface area contributed by atoms with E-state index in [2.05, 4.69) is 106 Å². The smallest absolute Gasteiger partial charge is 0.0648 e. The van der Waals surface area contributed by atoms with Gasteiger partial charge in [-0.1, -0.05) is 71.3 Å². The number of aryl methyl sites for hydroxylation is 2. The molecule has 3 nitrogen and oxygen atoms in total. The molecule has 0 aliphatic heterocycles. The first kappa shape index (κ1) is 22.4. The summed E-state index contributed by atoms with van der Waals surface area (Å²) < 4.78 is 5.75. The van der Waals surface area contributed by atoms with Gasteiger partial charge in [-0.15, -0.1) is 0 Å². The van der Waals surface area contributed by atoms with Gasteiger partial charge >= 0.3 is 0 Å². The van der Waals surface area contributed by atoms with E-state index in [-0.39, 0.29) is 5.41 Å². The van der Waals surface area contributed by atoms with E-state index in [0.29, 0.717) is 0 Å². The normalized spacial score (nSPS) is 11.7. The van der Waals surface area contributed by atoms with Gasteiger partial charge in [-0.3, -0.25) is 0 Å². The zero-order valence-electron chi connectivity index (χ0n) is 19.4. The SMILES string of the molecule is C=C(Nc1cc(C(C)(C)C)cc(NSC)c1CC)c1cc2cccc(CC)c2n1C. The van der Waals surface area contributed by atoms with Crippen molar-refractivity contribution in [2.75, 3.05) is 16.3 Å². The van der Waals surface area contributed by atoms with E-state index in [9.17, 15) is 0 Å². The van der Waals surface area contributed by atoms with Crippen molar-refractivity contribution in [1.82, 2.24) is 4.57 Å². The van der Waals surface area contributed by atoms with Gasteiger partial charge in [-0.25, -0.2) is 0 Å². The molecule has 1 aromatic heterocycles. The third-order valence-electron chi connectivity index (χ3n) is 5.80. The fourth-order valence-electron chi connectivity index (χ4n) is 4.10. The highest BCUT2D eigenvalue weighted by Gasteiger charge is 2.20. The standard InChI is InChI=1S/C26H35N3S/c1-9-18-12-11-13-19-14-24(29(7)25(18)19)17(3)27-22-15-20(26(4,5)6)16-23(28-30-8)21(22)10-2/h11-16,27-28H,3,9-10H2,1-2,4-8H3. The van der Waals surface area contributed by atoms with Crippen LogP contribution in [0.2, 0.25) is 0 Å². The number of hydrogen-bond acceptors (Lipinski definition) is 3. The second kappa shape index (κ2) is 8.81. The van der Waals surface area contributed by atoms with E-state index in [1.807, 2.05) is 0 Å². The lowest BCUT2D eigenvalue weighted by Crippen LogP contribution is -2.14. The zero-order chi connectivity index (χ0) is 22.1. The summed E-state index contributed by atoms with van der Waals surface area (Å²) in [6.45, 7) is 15.6. The number of anilines is 2. The van der Waals surface area contributed by atoms with Crippen molar-refractivity contribution in [2.45, 2.75) is 52.9 Å². The van der Waals surface area contributed by atoms with Crippen LogP contribution in [0.4, 0.5) is 11.4 Å². The third kappa shape index (κ3) is 4.24. The minimum Gasteiger partial charge on any atom is -0.354 e. The van der Waals surface area contributed by atoms with Gasteiger partial charge in [-0.05, 0) is 53.1 Å². The first-order valence-corrected chi connectivity index (χ1v) is 11.9. The minimum absolute atomic E-state index is 0.0640. The quantitative estimate of drug-likeness (QED) is 0.390. The Balaban J connectivity index is 2.07. The molecule has 0 saturated carbocycles. The van der Waals surface area contributed by atoms with Crippen molar-refractivity contribution in [3.05, 3.63) is 65.4 Å². The molecule has 0 aliphatic carbocycles. The first-order chi connectivity index (χ1) is 14.2. The second-order valence-corrected chi connectivity index (χ2v) is 9.47. The van der Waals surface area contributed by atoms with E-state index in [4.69, 9.17) is 0 Å². The van der Waals surface area contributed by atoms with Crippen LogP contribution in [0.3, 0.4) is 0 Å². The Kier molecular flexibility index (Phi) is 6.56. The fourth-order valence-corrected chi connectivity index (χ4v) is 4.50. The van der Waals surface area contributed by atoms with Crippen LogP contribution in [0, 0.1) is 0 Å². The molecule has 0 bridgehead atoms. The maximum atomic E-state index is 4.42. The molecule has 0 atom stereocenters. The summed E-state index contributed by atoms with van der Waals surface area (Å²) in [5, 5.41) is 4.93. The summed E-state index contributed by atoms with van der Waals surface area (Å²) in [4.78, 5) is 0. The lowest BCUT2D eigenvalue weighted by molar-refractivity contribution is 0.590. The maximum Gasteiger partial charge on any atom is 0.0648 e. The molecule has 1 heterocycles. The van der Waals surface area contributed by atoms with E-state index in [1.165, 1.54) is 33.3 Å². The monoisotopic (exact) mass is 421 g/mol. The number of para-hydroxylation sites is 1. The summed E-state index contributed by atoms with van der Waals surface area (Å²) >= 11 is 1.63. The molecule has 0 spiro atoms. The minimum atomic E-state index is 0.0640. The van der Waals surface area contributed by atoms with Gasteiger partial charge in [0.05, 0.1) is 16.9 Å². The number of aromatic nitrogens is 1. The van der Waals surface area contributed by atoms with Crippen molar-refractivity contribution in [3.8, 4) is 0 Å². The average Bonchev–Trinajstić information content (AvgIpc) is 3.04. The van der Waals surface area contributed by atoms with Crippen LogP contribution in [0.5, 0.6) is 0 Å². The predicted molar refractivity (Wildman–Crippen MR) is 137 cm³/mol. The topological polar surface area (TPSA) is 29.0 Å². The number of benzene rings is 2. The maximum absolute atomic E-state index is 4.42. The van der Waals surface area contributed by atoms with Gasteiger partial charge in [0.15, 0.2) is 0 Å². The van der Waals surface area contributed by atoms with Gasteiger partial charge < -0.3 is 14.6 Å². The van der Waals surface area contributed by atoms with E-state index >= 15 is 0 Å². The molecule has 0 unspecified atom stereocenters. The summed E-state index contributed by atoms with van der Waals surface area (Å²) in [5.74, 6) is 0. The van der Waals surface area contributed by atoms with Crippen LogP contribution in [-0.4, -0.2) is 10.8 Å². The highest BCUT2D eigenvalue weighted by atomic mass is 32.2. The van der Waals surface area contributed by atoms with Crippen LogP contribution in [0.1, 0.15) is 57.0 Å². The number of fused-ring (bicyclic) bond motifs is 1. The molecule has 160 valence electrons. The fraction of sp³-hybridized carbons (Fsp3) is 0.385. The Bertz CT molecular complexity index is 1070. The summed E-state index contributed by atoms with van der Waals surface area (Å²) in [7, 11) is 2.14. The molecule has 30 heavy (non-hydrogen) atoms. The Morgan fingerprint density at radius 3 is 2.37 bits per heavy atom. The summed E-state index contributed by atoms with van der Waals surface area (Å²) in [6.07, 6.45) is 4.03. The zero-order valence-corrected chi connectivity index (χ0v) is 20.3. The molecule has 3 aromatic rings. The molecular formula is C26H35N3S. The molecule has 2 aromatic carbocycles. The van der Waals surface area contributed by atoms with Crippen molar-refractivity contribution < 1.29 is 0 Å². The Labute approximate surface area is 186 Å². The van der Waals surface area contributed by atoms with Crippen molar-refractivity contribution in [1.29, 1.82) is 0 Å². The molecule has 4 heteroatoms. The molecule has 0 radical (unpaired) electrons. The van der Waals surface area contributed by atoms with Gasteiger partial charge in [0.25, 0.3) is 0 Å². The first-order valence-electron chi connectivity index (χ1n) is 10.7. The van der Waals surface area contributed by atoms with Crippen LogP contribution < -0.4 is 10.0 Å². The molecule has 0 saturated heterocycles. The lowest BCUT2D eigenvalue weighted by Gasteiger charge is -2.25. The van der Waals surface area contributed by atoms with Crippen LogP contribution >= 0.6 is 11.9 Å². The lowest BCUT2D eigenvalue weighted by atomic mass is 9.85. The van der Waals surface area contributed by atoms with Gasteiger partial charge in [0, 0.05) is 30.1 Å². The van der Waals surface area contributed by atoms with Crippen molar-refractivity contribution in [2.24, 2.45) is 7.05 Å². The van der Waals surface area contributed by atoms with Crippen molar-refractivity contribution >= 4 is 39.9 Å². The average molecular weight is 422 g/mol. The summed E-state index contributed by atoms with van der Waals surface area (Å²) in [6, 6.07) is 13.4. The molecular weight excluding hydrogens is 386 g/mol. The van der Waals surface area contributed by atoms with E-state index in [1.54, 1.807) is 11.9 Å². The van der Waals surface area contributed by atoms with Crippen LogP contribution in [-0.2, 0) is 25.3 Å². The Morgan fingerprint density at radius 1 is 1.07 bits per heavy atom. The summed E-state index contributed by atoms with van der Waals surface area (Å²) in [5.41, 5.74) is 9.66. The largest absolute Gasteiger partial charge is 0.354 e. The van der Waals surface area contributed by atoms with Crippen LogP contribution in [0.25, 0.3) is 16.6 Å². The Hall–Kier alpha value is -2.33. The third-order valence-corrected chi connectivity index (χ3v) is 6.22. The Morgan fingerprint density at radius 2 is 1.77 bits per heavy atom. The van der Waals surface area contributed by atoms with E-state index < -0.39 is 0 Å². The predicted octanol–water partition coefficient (Wildman–Crippen LogP) is 7.37. The molecule has 3 rings (SSSR count). The van der Waals surface area contributed by atoms with Gasteiger partial charge in [0.2, 0.25) is 0 Å². The van der Waals surface area contributed by atoms with Gasteiger partial charge in [-0.2, -0.15) is 0 Å². The highest BCUT2D eigenvalue weighted by molar-refractivity contribution is 7.99. The number of rotatable bonds is 7. The molecule has 0 amide bonds. The van der Waals surface area contributed by atoms with E-state index in [0.717, 1.165) is 29.9 Å². The van der Waals surface area contributed by atoms with Crippen LogP contribution in [0.15, 0.2) is 43.0 Å². The van der Waals surface area contributed by atoms with Gasteiger partial charge in [0.1, 0.15) is 0 Å². The number of nitrogens with one attached hydrogen (secondary N) is 2.